The Bertz CT molecular complexity index is 1230. The fraction of sp³-hybridized carbons (Fsp3) is 0.605. The number of phosphoric ester groups is 1. The number of hydrogen-bond donors (Lipinski definition) is 5. The number of nitrogens with one attached hydrogen (secondary N) is 1. The normalized spacial score (nSPS) is 16.7. The Kier molecular flexibility index (Phi) is 32.0. The summed E-state index contributed by atoms with van der Waals surface area (Å²) in [6.07, 6.45) is 39.9. The highest BCUT2D eigenvalue weighted by Crippen LogP contribution is 2.43. The number of amides is 1. The van der Waals surface area contributed by atoms with Gasteiger partial charge in [0.1, 0.15) is 13.2 Å². The van der Waals surface area contributed by atoms with Crippen LogP contribution in [0, 0.1) is 0 Å². The van der Waals surface area contributed by atoms with Crippen LogP contribution in [0.4, 0.5) is 0 Å². The molecule has 0 saturated carbocycles. The molecule has 0 radical (unpaired) electrons. The Morgan fingerprint density at radius 3 is 1.94 bits per heavy atom. The van der Waals surface area contributed by atoms with E-state index in [-0.39, 0.29) is 18.9 Å². The van der Waals surface area contributed by atoms with Crippen LogP contribution in [0.3, 0.4) is 0 Å². The van der Waals surface area contributed by atoms with E-state index in [1.165, 1.54) is 32.1 Å². The maximum Gasteiger partial charge on any atom is 0.472 e. The monoisotopic (exact) mass is 778 g/mol. The Balaban J connectivity index is 4.80. The van der Waals surface area contributed by atoms with Crippen LogP contribution in [0.1, 0.15) is 104 Å². The molecule has 0 heterocycles. The summed E-state index contributed by atoms with van der Waals surface area (Å²) in [6.45, 7) is 4.38. The smallest absolute Gasteiger partial charge is 0.389 e. The molecule has 0 rings (SSSR count). The molecule has 54 heavy (non-hydrogen) atoms. The number of likely N-dealkylation sites (N-methyl/N-ethyl adjacent to an activating group) is 1. The van der Waals surface area contributed by atoms with E-state index in [0.717, 1.165) is 19.3 Å². The van der Waals surface area contributed by atoms with Crippen molar-refractivity contribution in [3.63, 3.8) is 0 Å². The molecule has 5 N–H and O–H groups in total. The summed E-state index contributed by atoms with van der Waals surface area (Å²) in [4.78, 5) is 23.0. The maximum absolute atomic E-state index is 12.8. The van der Waals surface area contributed by atoms with E-state index in [4.69, 9.17) is 9.05 Å². The van der Waals surface area contributed by atoms with Crippen LogP contribution in [0.2, 0.25) is 0 Å². The number of aliphatic hydroxyl groups excluding tert-OH is 3. The second-order valence-corrected chi connectivity index (χ2v) is 15.8. The molecular weight excluding hydrogens is 703 g/mol. The van der Waals surface area contributed by atoms with Gasteiger partial charge in [-0.15, -0.1) is 0 Å². The third-order valence-electron chi connectivity index (χ3n) is 7.97. The molecule has 0 aromatic carbocycles. The molecule has 0 spiro atoms. The summed E-state index contributed by atoms with van der Waals surface area (Å²) < 4.78 is 23.3. The minimum Gasteiger partial charge on any atom is -0.389 e. The Morgan fingerprint density at radius 2 is 1.30 bits per heavy atom. The molecule has 1 amide bonds. The molecule has 1 unspecified atom stereocenters. The molecule has 0 saturated heterocycles. The Hall–Kier alpha value is -2.66. The summed E-state index contributed by atoms with van der Waals surface area (Å²) in [5.41, 5.74) is 0. The molecule has 0 aromatic rings. The molecule has 0 aromatic heterocycles. The van der Waals surface area contributed by atoms with Crippen molar-refractivity contribution in [2.75, 3.05) is 40.9 Å². The van der Waals surface area contributed by atoms with Gasteiger partial charge < -0.3 is 30.0 Å². The maximum atomic E-state index is 12.8. The lowest BCUT2D eigenvalue weighted by atomic mass is 10.1. The molecule has 0 bridgehead atoms. The first-order chi connectivity index (χ1) is 25.8. The fourth-order valence-electron chi connectivity index (χ4n) is 4.72. The number of allylic oxidation sites excluding steroid dienone is 11. The van der Waals surface area contributed by atoms with Crippen molar-refractivity contribution >= 4 is 13.7 Å². The molecule has 0 aliphatic carbocycles. The molecule has 0 aliphatic rings. The van der Waals surface area contributed by atoms with Crippen molar-refractivity contribution in [3.8, 4) is 0 Å². The molecule has 0 aliphatic heterocycles. The average Bonchev–Trinajstić information content (AvgIpc) is 3.10. The zero-order chi connectivity index (χ0) is 40.3. The third-order valence-corrected chi connectivity index (χ3v) is 8.95. The van der Waals surface area contributed by atoms with Crippen molar-refractivity contribution < 1.29 is 43.1 Å². The van der Waals surface area contributed by atoms with Crippen LogP contribution in [-0.4, -0.2) is 95.9 Å². The minimum atomic E-state index is -4.39. The molecule has 11 heteroatoms. The van der Waals surface area contributed by atoms with Crippen LogP contribution in [0.5, 0.6) is 0 Å². The van der Waals surface area contributed by atoms with Gasteiger partial charge in [-0.1, -0.05) is 137 Å². The van der Waals surface area contributed by atoms with Crippen molar-refractivity contribution in [1.29, 1.82) is 0 Å². The minimum absolute atomic E-state index is 0.0166. The van der Waals surface area contributed by atoms with Crippen LogP contribution in [0.15, 0.2) is 97.2 Å². The number of carbonyl (C=O) groups is 1. The van der Waals surface area contributed by atoms with E-state index < -0.39 is 38.8 Å². The second kappa shape index (κ2) is 33.7. The number of hydrogen-bond acceptors (Lipinski definition) is 7. The number of aliphatic hydroxyl groups is 3. The van der Waals surface area contributed by atoms with Gasteiger partial charge in [-0.2, -0.15) is 0 Å². The summed E-state index contributed by atoms with van der Waals surface area (Å²) in [5.74, 6) is -0.323. The van der Waals surface area contributed by atoms with Gasteiger partial charge in [-0.05, 0) is 57.8 Å². The number of phosphoric acid groups is 1. The number of quaternary nitrogens is 1. The first-order valence-electron chi connectivity index (χ1n) is 19.8. The zero-order valence-corrected chi connectivity index (χ0v) is 34.8. The molecule has 308 valence electrons. The van der Waals surface area contributed by atoms with Crippen molar-refractivity contribution in [2.24, 2.45) is 0 Å². The Morgan fingerprint density at radius 1 is 0.704 bits per heavy atom. The van der Waals surface area contributed by atoms with E-state index in [9.17, 15) is 29.6 Å². The second-order valence-electron chi connectivity index (χ2n) is 14.3. The third kappa shape index (κ3) is 35.1. The predicted octanol–water partition coefficient (Wildman–Crippen LogP) is 8.34. The Labute approximate surface area is 327 Å². The van der Waals surface area contributed by atoms with E-state index >= 15 is 0 Å². The number of rotatable bonds is 33. The van der Waals surface area contributed by atoms with E-state index in [1.54, 1.807) is 42.5 Å². The quantitative estimate of drug-likeness (QED) is 0.0147. The lowest BCUT2D eigenvalue weighted by Gasteiger charge is -2.25. The standard InChI is InChI=1S/C43H73N2O8P/c1-6-8-10-11-12-13-14-15-16-20-28-34-42(48)41(38-53-54(50,51)52-37-36-45(3,4)5)44-43(49)35-29-21-18-17-19-25-31-40(47)33-27-23-22-26-32-39(46)30-24-9-7-2/h9,14-15,18-19,21-28,32-34,39-42,46-48H,6-8,10-13,16-17,20,29-31,35-38H2,1-5H3,(H-,44,49,50,51)/p+1/b15-14-,21-18-,23-22-,24-9-,25-19-,32-26+,33-27+,34-28+/t39-,40+,41-,42+/m0/s1. The first-order valence-corrected chi connectivity index (χ1v) is 21.3. The van der Waals surface area contributed by atoms with Gasteiger partial charge in [0.15, 0.2) is 0 Å². The van der Waals surface area contributed by atoms with Gasteiger partial charge in [0.2, 0.25) is 5.91 Å². The fourth-order valence-corrected chi connectivity index (χ4v) is 5.46. The predicted molar refractivity (Wildman–Crippen MR) is 224 cm³/mol. The number of nitrogens with zero attached hydrogens (tertiary/aromatic N) is 1. The number of carbonyl (C=O) groups excluding carboxylic acids is 1. The van der Waals surface area contributed by atoms with Crippen molar-refractivity contribution in [3.05, 3.63) is 97.2 Å². The molecule has 10 nitrogen and oxygen atoms in total. The van der Waals surface area contributed by atoms with Gasteiger partial charge in [-0.25, -0.2) is 4.57 Å². The topological polar surface area (TPSA) is 146 Å². The molecule has 5 atom stereocenters. The van der Waals surface area contributed by atoms with Crippen LogP contribution < -0.4 is 5.32 Å². The van der Waals surface area contributed by atoms with Crippen molar-refractivity contribution in [2.45, 2.75) is 128 Å². The van der Waals surface area contributed by atoms with Gasteiger partial charge in [0, 0.05) is 6.42 Å². The van der Waals surface area contributed by atoms with E-state index in [1.807, 2.05) is 63.7 Å². The molecule has 0 fully saturated rings. The van der Waals surface area contributed by atoms with Gasteiger partial charge in [-0.3, -0.25) is 13.8 Å². The summed E-state index contributed by atoms with van der Waals surface area (Å²) >= 11 is 0. The molecular formula is C43H74N2O8P+. The van der Waals surface area contributed by atoms with Gasteiger partial charge in [0.05, 0.1) is 52.1 Å². The summed E-state index contributed by atoms with van der Waals surface area (Å²) in [5, 5.41) is 33.6. The van der Waals surface area contributed by atoms with Gasteiger partial charge in [0.25, 0.3) is 0 Å². The number of unbranched alkanes of at least 4 members (excludes halogenated alkanes) is 6. The SMILES string of the molecule is CC/C=C\C[C@H](O)/C=C/C=C\C=C\[C@H](O)C/C=C\C/C=C\CCC(=O)N[C@@H](COP(=O)(O)OCC[N+](C)(C)C)[C@H](O)/C=C/CC/C=C\CCCCCCC. The van der Waals surface area contributed by atoms with Crippen LogP contribution >= 0.6 is 7.82 Å². The average molecular weight is 778 g/mol. The lowest BCUT2D eigenvalue weighted by molar-refractivity contribution is -0.870. The highest BCUT2D eigenvalue weighted by atomic mass is 31.2. The highest BCUT2D eigenvalue weighted by Gasteiger charge is 2.27. The van der Waals surface area contributed by atoms with Gasteiger partial charge >= 0.3 is 7.82 Å². The zero-order valence-electron chi connectivity index (χ0n) is 33.9. The van der Waals surface area contributed by atoms with Crippen LogP contribution in [-0.2, 0) is 18.4 Å². The lowest BCUT2D eigenvalue weighted by Crippen LogP contribution is -2.45. The largest absolute Gasteiger partial charge is 0.472 e. The summed E-state index contributed by atoms with van der Waals surface area (Å²) in [6, 6.07) is -0.944. The highest BCUT2D eigenvalue weighted by molar-refractivity contribution is 7.47. The van der Waals surface area contributed by atoms with Crippen molar-refractivity contribution in [1.82, 2.24) is 5.32 Å². The van der Waals surface area contributed by atoms with E-state index in [0.29, 0.717) is 43.1 Å². The summed E-state index contributed by atoms with van der Waals surface area (Å²) in [7, 11) is 1.42. The van der Waals surface area contributed by atoms with E-state index in [2.05, 4.69) is 31.3 Å². The first kappa shape index (κ1) is 51.3. The van der Waals surface area contributed by atoms with Crippen LogP contribution in [0.25, 0.3) is 0 Å².